The van der Waals surface area contributed by atoms with E-state index in [1.807, 2.05) is 76.2 Å². The highest BCUT2D eigenvalue weighted by molar-refractivity contribution is 5.97. The number of amides is 10. The molecular weight excluding hydrogens is 1040 g/mol. The van der Waals surface area contributed by atoms with Crippen molar-refractivity contribution in [3.8, 4) is 0 Å². The molecule has 16 N–H and O–H groups in total. The highest BCUT2D eigenvalue weighted by atomic mass is 16.3. The molecule has 25 nitrogen and oxygen atoms in total. The van der Waals surface area contributed by atoms with Crippen molar-refractivity contribution in [2.75, 3.05) is 13.6 Å². The van der Waals surface area contributed by atoms with E-state index in [4.69, 9.17) is 11.5 Å². The third kappa shape index (κ3) is 21.8. The summed E-state index contributed by atoms with van der Waals surface area (Å²) in [5, 5.41) is 36.1. The van der Waals surface area contributed by atoms with Crippen LogP contribution in [-0.4, -0.2) is 147 Å². The zero-order valence-corrected chi connectivity index (χ0v) is 47.4. The maximum absolute atomic E-state index is 14.3. The van der Waals surface area contributed by atoms with Gasteiger partial charge in [-0.2, -0.15) is 0 Å². The first-order chi connectivity index (χ1) is 38.3. The number of fused-ring (bicyclic) bond motifs is 1. The van der Waals surface area contributed by atoms with Crippen LogP contribution in [-0.2, 0) is 67.2 Å². The number of benzene rings is 2. The number of carbonyl (C=O) groups is 10. The molecule has 10 amide bonds. The molecule has 0 spiro atoms. The second kappa shape index (κ2) is 32.2. The predicted molar refractivity (Wildman–Crippen MR) is 301 cm³/mol. The average molecular weight is 1130 g/mol. The summed E-state index contributed by atoms with van der Waals surface area (Å²) in [7, 11) is 1.59. The summed E-state index contributed by atoms with van der Waals surface area (Å²) in [4.78, 5) is 144. The molecular formula is C56H82N14O11. The third-order valence-corrected chi connectivity index (χ3v) is 13.3. The Morgan fingerprint density at radius 3 is 1.83 bits per heavy atom. The molecule has 4 rings (SSSR count). The molecule has 4 aromatic rings. The number of aliphatic hydroxyl groups is 1. The van der Waals surface area contributed by atoms with Crippen molar-refractivity contribution >= 4 is 70.0 Å². The third-order valence-electron chi connectivity index (χ3n) is 13.3. The van der Waals surface area contributed by atoms with Gasteiger partial charge in [0, 0.05) is 42.6 Å². The quantitative estimate of drug-likeness (QED) is 0.0275. The van der Waals surface area contributed by atoms with Crippen LogP contribution in [0.2, 0.25) is 0 Å². The molecule has 0 saturated carbocycles. The lowest BCUT2D eigenvalue weighted by Gasteiger charge is -2.28. The van der Waals surface area contributed by atoms with E-state index in [1.54, 1.807) is 33.2 Å². The summed E-state index contributed by atoms with van der Waals surface area (Å²) >= 11 is 0. The van der Waals surface area contributed by atoms with Gasteiger partial charge in [-0.1, -0.05) is 90.1 Å². The second-order valence-corrected chi connectivity index (χ2v) is 21.5. The summed E-state index contributed by atoms with van der Waals surface area (Å²) in [6, 6.07) is 7.29. The van der Waals surface area contributed by atoms with E-state index < -0.39 is 132 Å². The lowest BCUT2D eigenvalue weighted by molar-refractivity contribution is -0.135. The maximum Gasteiger partial charge on any atom is 0.243 e. The normalized spacial score (nSPS) is 14.7. The largest absolute Gasteiger partial charge is 0.390 e. The number of nitrogens with two attached hydrogens (primary N) is 2. The Morgan fingerprint density at radius 1 is 0.605 bits per heavy atom. The van der Waals surface area contributed by atoms with Gasteiger partial charge in [-0.15, -0.1) is 0 Å². The number of likely N-dealkylation sites (N-methyl/N-ethyl adjacent to an activating group) is 1. The van der Waals surface area contributed by atoms with Crippen molar-refractivity contribution in [1.82, 2.24) is 62.8 Å². The monoisotopic (exact) mass is 1130 g/mol. The maximum atomic E-state index is 14.3. The lowest BCUT2D eigenvalue weighted by atomic mass is 9.96. The summed E-state index contributed by atoms with van der Waals surface area (Å²) in [5.74, 6) is -7.92. The summed E-state index contributed by atoms with van der Waals surface area (Å²) in [6.07, 6.45) is 2.84. The lowest BCUT2D eigenvalue weighted by Crippen LogP contribution is -2.59. The number of aromatic amines is 2. The zero-order chi connectivity index (χ0) is 59.9. The molecule has 9 atom stereocenters. The number of H-pyrrole nitrogens is 2. The minimum atomic E-state index is -1.40. The predicted octanol–water partition coefficient (Wildman–Crippen LogP) is -0.713. The zero-order valence-electron chi connectivity index (χ0n) is 47.4. The topological polar surface area (TPSA) is 396 Å². The molecule has 25 heteroatoms. The number of rotatable bonds is 34. The molecule has 0 bridgehead atoms. The fourth-order valence-electron chi connectivity index (χ4n) is 8.95. The Hall–Kier alpha value is -8.19. The molecule has 442 valence electrons. The molecule has 2 aromatic carbocycles. The van der Waals surface area contributed by atoms with E-state index in [1.165, 1.54) is 19.4 Å². The molecule has 0 saturated heterocycles. The van der Waals surface area contributed by atoms with Crippen LogP contribution < -0.4 is 59.3 Å². The van der Waals surface area contributed by atoms with Crippen molar-refractivity contribution in [2.45, 2.75) is 154 Å². The van der Waals surface area contributed by atoms with Gasteiger partial charge in [0.05, 0.1) is 43.2 Å². The van der Waals surface area contributed by atoms with Gasteiger partial charge >= 0.3 is 0 Å². The van der Waals surface area contributed by atoms with Gasteiger partial charge in [0.2, 0.25) is 59.1 Å². The number of carbonyl (C=O) groups excluding carboxylic acids is 10. The van der Waals surface area contributed by atoms with Gasteiger partial charge < -0.3 is 74.4 Å². The fraction of sp³-hybridized carbons (Fsp3) is 0.518. The molecule has 0 aliphatic carbocycles. The molecule has 0 fully saturated rings. The summed E-state index contributed by atoms with van der Waals surface area (Å²) in [6.45, 7) is 11.4. The SMILES string of the molecule is CN[C@H](Cc1ccccc1)C(=O)N[C@@H](CCC(N)=O)C(=O)N[C@@H](Cc1c[nH]c2ccccc12)C(=O)N[C@@H](C)C(=O)N[C@H](C(=O)NCC(=O)N[C@@H](Cc1c[nH]cn1)C(=O)N[C@@H](CC(C)C)[C@@H](O)CC(=O)NC(CC(C)C)C(N)=O)C(C)C. The standard InChI is InChI=1S/C56H82N14O11/c1-30(2)20-40(45(71)25-47(73)65-41(50(58)75)21-31(3)4)68-55(80)44(24-36-27-60-29-63-36)66-48(74)28-62-56(81)49(32(5)6)70-51(76)33(7)64-54(79)43(23-35-26-61-38-17-13-12-16-37(35)38)69-52(77)39(18-19-46(57)72)67-53(78)42(59-8)22-34-14-10-9-11-15-34/h9-17,26-27,29-33,39-45,49,59,61,71H,18-25,28H2,1-8H3,(H2,57,72)(H2,58,75)(H,60,63)(H,62,81)(H,64,79)(H,65,73)(H,66,74)(H,67,78)(H,68,80)(H,69,77)(H,70,76)/t33-,39-,40-,41?,42+,43-,44-,45-,49-/m0/s1. The van der Waals surface area contributed by atoms with Crippen molar-refractivity contribution in [2.24, 2.45) is 29.2 Å². The van der Waals surface area contributed by atoms with Crippen molar-refractivity contribution < 1.29 is 53.1 Å². The Bertz CT molecular complexity index is 2750. The molecule has 2 aromatic heterocycles. The number of hydrogen-bond donors (Lipinski definition) is 14. The smallest absolute Gasteiger partial charge is 0.243 e. The fourth-order valence-corrected chi connectivity index (χ4v) is 8.95. The van der Waals surface area contributed by atoms with Crippen LogP contribution in [0.5, 0.6) is 0 Å². The number of nitrogens with zero attached hydrogens (tertiary/aromatic N) is 1. The Kier molecular flexibility index (Phi) is 25.9. The van der Waals surface area contributed by atoms with Crippen LogP contribution >= 0.6 is 0 Å². The van der Waals surface area contributed by atoms with Crippen molar-refractivity contribution in [1.29, 1.82) is 0 Å². The molecule has 2 heterocycles. The number of hydrogen-bond acceptors (Lipinski definition) is 13. The van der Waals surface area contributed by atoms with Gasteiger partial charge in [-0.25, -0.2) is 4.98 Å². The van der Waals surface area contributed by atoms with Gasteiger partial charge in [-0.05, 0) is 74.6 Å². The van der Waals surface area contributed by atoms with Gasteiger partial charge in [0.1, 0.15) is 36.3 Å². The number of para-hydroxylation sites is 1. The number of imidazole rings is 1. The number of aliphatic hydroxyl groups excluding tert-OH is 1. The minimum Gasteiger partial charge on any atom is -0.390 e. The first-order valence-electron chi connectivity index (χ1n) is 27.2. The molecule has 1 unspecified atom stereocenters. The second-order valence-electron chi connectivity index (χ2n) is 21.5. The number of aromatic nitrogens is 3. The van der Waals surface area contributed by atoms with E-state index in [0.717, 1.165) is 16.5 Å². The van der Waals surface area contributed by atoms with Gasteiger partial charge in [0.25, 0.3) is 0 Å². The van der Waals surface area contributed by atoms with E-state index >= 15 is 0 Å². The average Bonchev–Trinajstić information content (AvgIpc) is 4.10. The first kappa shape index (κ1) is 65.3. The molecule has 0 radical (unpaired) electrons. The molecule has 81 heavy (non-hydrogen) atoms. The van der Waals surface area contributed by atoms with Crippen molar-refractivity contribution in [3.05, 3.63) is 90.1 Å². The number of nitrogens with one attached hydrogen (secondary N) is 11. The number of primary amides is 2. The molecule has 0 aliphatic heterocycles. The van der Waals surface area contributed by atoms with E-state index in [0.29, 0.717) is 11.3 Å². The van der Waals surface area contributed by atoms with Crippen LogP contribution in [0.3, 0.4) is 0 Å². The van der Waals surface area contributed by atoms with E-state index in [9.17, 15) is 53.1 Å². The Balaban J connectivity index is 1.45. The highest BCUT2D eigenvalue weighted by Crippen LogP contribution is 2.20. The minimum absolute atomic E-state index is 0.0351. The van der Waals surface area contributed by atoms with Crippen LogP contribution in [0.15, 0.2) is 73.3 Å². The molecule has 0 aliphatic rings. The van der Waals surface area contributed by atoms with Crippen molar-refractivity contribution in [3.63, 3.8) is 0 Å². The Labute approximate surface area is 471 Å². The van der Waals surface area contributed by atoms with Gasteiger partial charge in [-0.3, -0.25) is 47.9 Å². The van der Waals surface area contributed by atoms with Crippen LogP contribution in [0, 0.1) is 17.8 Å². The van der Waals surface area contributed by atoms with Crippen LogP contribution in [0.4, 0.5) is 0 Å². The van der Waals surface area contributed by atoms with E-state index in [-0.39, 0.29) is 56.8 Å². The van der Waals surface area contributed by atoms with Gasteiger partial charge in [0.15, 0.2) is 0 Å². The van der Waals surface area contributed by atoms with E-state index in [2.05, 4.69) is 62.8 Å². The Morgan fingerprint density at radius 2 is 1.21 bits per heavy atom. The van der Waals surface area contributed by atoms with Crippen LogP contribution in [0.1, 0.15) is 97.4 Å². The first-order valence-corrected chi connectivity index (χ1v) is 27.2. The highest BCUT2D eigenvalue weighted by Gasteiger charge is 2.34. The summed E-state index contributed by atoms with van der Waals surface area (Å²) < 4.78 is 0. The summed E-state index contributed by atoms with van der Waals surface area (Å²) in [5.41, 5.74) is 13.6. The van der Waals surface area contributed by atoms with Crippen LogP contribution in [0.25, 0.3) is 10.9 Å².